The number of fused-ring (bicyclic) bond motifs is 1. The normalized spacial score (nSPS) is 11.3. The average Bonchev–Trinajstić information content (AvgIpc) is 3.13. The van der Waals surface area contributed by atoms with Gasteiger partial charge in [0.05, 0.1) is 10.4 Å². The van der Waals surface area contributed by atoms with Crippen LogP contribution in [0.3, 0.4) is 0 Å². The van der Waals surface area contributed by atoms with E-state index in [1.807, 2.05) is 18.2 Å². The van der Waals surface area contributed by atoms with Crippen molar-refractivity contribution >= 4 is 33.1 Å². The van der Waals surface area contributed by atoms with Crippen molar-refractivity contribution in [3.05, 3.63) is 78.9 Å². The molecule has 9 nitrogen and oxygen atoms in total. The van der Waals surface area contributed by atoms with Gasteiger partial charge in [-0.1, -0.05) is 6.07 Å². The van der Waals surface area contributed by atoms with Crippen molar-refractivity contribution in [1.82, 2.24) is 19.6 Å². The van der Waals surface area contributed by atoms with Gasteiger partial charge in [-0.05, 0) is 48.5 Å². The van der Waals surface area contributed by atoms with Gasteiger partial charge in [-0.25, -0.2) is 27.6 Å². The zero-order valence-electron chi connectivity index (χ0n) is 14.4. The van der Waals surface area contributed by atoms with Crippen LogP contribution < -0.4 is 10.0 Å². The Hall–Kier alpha value is -3.79. The summed E-state index contributed by atoms with van der Waals surface area (Å²) in [6.45, 7) is 0. The number of hydrogen-bond acceptors (Lipinski definition) is 6. The van der Waals surface area contributed by atoms with Crippen LogP contribution in [0.15, 0.2) is 78.1 Å². The number of sulfonamides is 1. The molecule has 28 heavy (non-hydrogen) atoms. The number of pyridine rings is 1. The molecule has 0 atom stereocenters. The van der Waals surface area contributed by atoms with E-state index in [2.05, 4.69) is 25.1 Å². The van der Waals surface area contributed by atoms with Gasteiger partial charge in [0.1, 0.15) is 0 Å². The van der Waals surface area contributed by atoms with E-state index < -0.39 is 15.9 Å². The molecule has 0 fully saturated rings. The number of anilines is 2. The molecule has 0 unspecified atom stereocenters. The third kappa shape index (κ3) is 3.67. The average molecular weight is 394 g/mol. The lowest BCUT2D eigenvalue weighted by molar-refractivity contribution is 0.102. The van der Waals surface area contributed by atoms with Gasteiger partial charge in [-0.15, -0.1) is 0 Å². The van der Waals surface area contributed by atoms with Gasteiger partial charge in [0.15, 0.2) is 5.69 Å². The topological polar surface area (TPSA) is 118 Å². The maximum atomic E-state index is 12.4. The molecule has 10 heteroatoms. The first kappa shape index (κ1) is 17.6. The summed E-state index contributed by atoms with van der Waals surface area (Å²) in [7, 11) is -3.83. The SMILES string of the molecule is O=C(Nc1ccc(S(=O)(=O)Nc2ncccn2)cc1)c1cc2ccccn2n1. The summed E-state index contributed by atoms with van der Waals surface area (Å²) in [4.78, 5) is 20.1. The van der Waals surface area contributed by atoms with Crippen LogP contribution >= 0.6 is 0 Å². The first-order valence-electron chi connectivity index (χ1n) is 8.17. The summed E-state index contributed by atoms with van der Waals surface area (Å²) >= 11 is 0. The summed E-state index contributed by atoms with van der Waals surface area (Å²) in [5.74, 6) is -0.415. The Labute approximate surface area is 160 Å². The predicted molar refractivity (Wildman–Crippen MR) is 102 cm³/mol. The first-order chi connectivity index (χ1) is 13.5. The molecule has 0 aliphatic heterocycles. The molecular weight excluding hydrogens is 380 g/mol. The van der Waals surface area contributed by atoms with Crippen molar-refractivity contribution in [2.45, 2.75) is 4.90 Å². The highest BCUT2D eigenvalue weighted by Gasteiger charge is 2.16. The largest absolute Gasteiger partial charge is 0.321 e. The molecule has 0 aliphatic rings. The summed E-state index contributed by atoms with van der Waals surface area (Å²) < 4.78 is 28.6. The van der Waals surface area contributed by atoms with E-state index in [1.165, 1.54) is 36.7 Å². The smallest absolute Gasteiger partial charge is 0.276 e. The van der Waals surface area contributed by atoms with Crippen LogP contribution in [-0.2, 0) is 10.0 Å². The molecule has 0 saturated heterocycles. The molecule has 4 aromatic rings. The van der Waals surface area contributed by atoms with Crippen LogP contribution in [0, 0.1) is 0 Å². The number of aromatic nitrogens is 4. The Morgan fingerprint density at radius 1 is 0.964 bits per heavy atom. The monoisotopic (exact) mass is 394 g/mol. The number of nitrogens with zero attached hydrogens (tertiary/aromatic N) is 4. The Balaban J connectivity index is 1.49. The molecule has 0 saturated carbocycles. The number of nitrogens with one attached hydrogen (secondary N) is 2. The molecular formula is C18H14N6O3S. The zero-order chi connectivity index (χ0) is 19.6. The highest BCUT2D eigenvalue weighted by atomic mass is 32.2. The molecule has 4 rings (SSSR count). The van der Waals surface area contributed by atoms with Gasteiger partial charge in [0.25, 0.3) is 15.9 Å². The third-order valence-electron chi connectivity index (χ3n) is 3.82. The Morgan fingerprint density at radius 3 is 2.43 bits per heavy atom. The van der Waals surface area contributed by atoms with Crippen molar-refractivity contribution in [1.29, 1.82) is 0 Å². The summed E-state index contributed by atoms with van der Waals surface area (Å²) in [6.07, 6.45) is 4.61. The Morgan fingerprint density at radius 2 is 1.71 bits per heavy atom. The Kier molecular flexibility index (Phi) is 4.45. The van der Waals surface area contributed by atoms with Crippen molar-refractivity contribution in [3.63, 3.8) is 0 Å². The van der Waals surface area contributed by atoms with Gasteiger partial charge < -0.3 is 5.32 Å². The number of rotatable bonds is 5. The van der Waals surface area contributed by atoms with Crippen LogP contribution in [-0.4, -0.2) is 33.9 Å². The van der Waals surface area contributed by atoms with E-state index in [1.54, 1.807) is 22.8 Å². The molecule has 3 aromatic heterocycles. The van der Waals surface area contributed by atoms with E-state index in [9.17, 15) is 13.2 Å². The van der Waals surface area contributed by atoms with Crippen molar-refractivity contribution < 1.29 is 13.2 Å². The lowest BCUT2D eigenvalue weighted by Gasteiger charge is -2.07. The van der Waals surface area contributed by atoms with Crippen LogP contribution in [0.25, 0.3) is 5.52 Å². The number of hydrogen-bond donors (Lipinski definition) is 2. The number of benzene rings is 1. The predicted octanol–water partition coefficient (Wildman–Crippen LogP) is 2.18. The lowest BCUT2D eigenvalue weighted by atomic mass is 10.3. The molecule has 2 N–H and O–H groups in total. The maximum absolute atomic E-state index is 12.4. The van der Waals surface area contributed by atoms with E-state index in [4.69, 9.17) is 0 Å². The highest BCUT2D eigenvalue weighted by Crippen LogP contribution is 2.17. The van der Waals surface area contributed by atoms with E-state index in [0.717, 1.165) is 5.52 Å². The number of carbonyl (C=O) groups excluding carboxylic acids is 1. The molecule has 1 aromatic carbocycles. The molecule has 0 bridgehead atoms. The van der Waals surface area contributed by atoms with Crippen LogP contribution in [0.2, 0.25) is 0 Å². The minimum absolute atomic E-state index is 0.0192. The third-order valence-corrected chi connectivity index (χ3v) is 5.16. The second-order valence-corrected chi connectivity index (χ2v) is 7.44. The fourth-order valence-corrected chi connectivity index (χ4v) is 3.45. The second kappa shape index (κ2) is 7.08. The molecule has 0 spiro atoms. The Bertz CT molecular complexity index is 1200. The van der Waals surface area contributed by atoms with Crippen LogP contribution in [0.5, 0.6) is 0 Å². The van der Waals surface area contributed by atoms with Crippen molar-refractivity contribution in [2.75, 3.05) is 10.0 Å². The molecule has 1 amide bonds. The van der Waals surface area contributed by atoms with Crippen molar-refractivity contribution in [3.8, 4) is 0 Å². The molecule has 0 aliphatic carbocycles. The number of amides is 1. The van der Waals surface area contributed by atoms with E-state index in [-0.39, 0.29) is 16.5 Å². The lowest BCUT2D eigenvalue weighted by Crippen LogP contribution is -2.15. The van der Waals surface area contributed by atoms with Gasteiger partial charge >= 0.3 is 0 Å². The molecule has 0 radical (unpaired) electrons. The van der Waals surface area contributed by atoms with Crippen LogP contribution in [0.1, 0.15) is 10.5 Å². The molecule has 140 valence electrons. The first-order valence-corrected chi connectivity index (χ1v) is 9.65. The quantitative estimate of drug-likeness (QED) is 0.536. The fourth-order valence-electron chi connectivity index (χ4n) is 2.49. The van der Waals surface area contributed by atoms with E-state index >= 15 is 0 Å². The van der Waals surface area contributed by atoms with Gasteiger partial charge in [-0.2, -0.15) is 5.10 Å². The maximum Gasteiger partial charge on any atom is 0.276 e. The fraction of sp³-hybridized carbons (Fsp3) is 0. The van der Waals surface area contributed by atoms with Gasteiger partial charge in [0, 0.05) is 24.3 Å². The van der Waals surface area contributed by atoms with Gasteiger partial charge in [0.2, 0.25) is 5.95 Å². The van der Waals surface area contributed by atoms with Gasteiger partial charge in [-0.3, -0.25) is 4.79 Å². The second-order valence-electron chi connectivity index (χ2n) is 5.76. The minimum Gasteiger partial charge on any atom is -0.321 e. The summed E-state index contributed by atoms with van der Waals surface area (Å²) in [5, 5.41) is 6.89. The van der Waals surface area contributed by atoms with Crippen LogP contribution in [0.4, 0.5) is 11.6 Å². The van der Waals surface area contributed by atoms with Crippen molar-refractivity contribution in [2.24, 2.45) is 0 Å². The zero-order valence-corrected chi connectivity index (χ0v) is 15.2. The minimum atomic E-state index is -3.83. The summed E-state index contributed by atoms with van der Waals surface area (Å²) in [5.41, 5.74) is 1.49. The summed E-state index contributed by atoms with van der Waals surface area (Å²) in [6, 6.07) is 14.5. The standard InChI is InChI=1S/C18H14N6O3S/c25-17(16-12-14-4-1-2-11-24(14)22-16)21-13-5-7-15(8-6-13)28(26,27)23-18-19-9-3-10-20-18/h1-12H,(H,21,25)(H,19,20,23). The number of carbonyl (C=O) groups is 1. The molecule has 3 heterocycles. The highest BCUT2D eigenvalue weighted by molar-refractivity contribution is 7.92. The van der Waals surface area contributed by atoms with E-state index in [0.29, 0.717) is 5.69 Å².